The summed E-state index contributed by atoms with van der Waals surface area (Å²) in [6.45, 7) is 0. The van der Waals surface area contributed by atoms with E-state index in [-0.39, 0.29) is 34.4 Å². The predicted molar refractivity (Wildman–Crippen MR) is 159 cm³/mol. The van der Waals surface area contributed by atoms with Gasteiger partial charge in [-0.15, -0.1) is 0 Å². The fourth-order valence-corrected chi connectivity index (χ4v) is 7.34. The monoisotopic (exact) mass is 644 g/mol. The van der Waals surface area contributed by atoms with Gasteiger partial charge in [0, 0.05) is 5.56 Å². The van der Waals surface area contributed by atoms with Gasteiger partial charge in [0.15, 0.2) is 9.84 Å². The summed E-state index contributed by atoms with van der Waals surface area (Å²) in [6, 6.07) is 23.1. The second-order valence-electron chi connectivity index (χ2n) is 10.00. The van der Waals surface area contributed by atoms with Crippen LogP contribution < -0.4 is 0 Å². The maximum absolute atomic E-state index is 14.6. The van der Waals surface area contributed by atoms with Gasteiger partial charge in [0.25, 0.3) is 0 Å². The van der Waals surface area contributed by atoms with Crippen molar-refractivity contribution in [1.29, 1.82) is 0 Å². The van der Waals surface area contributed by atoms with Crippen LogP contribution in [0.1, 0.15) is 39.0 Å². The lowest BCUT2D eigenvalue weighted by Crippen LogP contribution is -2.38. The third-order valence-electron chi connectivity index (χ3n) is 7.18. The van der Waals surface area contributed by atoms with Crippen LogP contribution in [0, 0.1) is 5.82 Å². The average Bonchev–Trinajstić information content (AvgIpc) is 3.00. The van der Waals surface area contributed by atoms with Crippen LogP contribution in [0.5, 0.6) is 0 Å². The minimum atomic E-state index is -5.83. The molecule has 4 aromatic rings. The molecule has 0 aromatic heterocycles. The average molecular weight is 645 g/mol. The minimum absolute atomic E-state index is 0.139. The first-order valence-corrected chi connectivity index (χ1v) is 16.2. The fourth-order valence-electron chi connectivity index (χ4n) is 4.79. The number of methoxy groups -OCH3 is 1. The standard InChI is InChI=1S/C32H28F3O7PS/c1-42-30(36)25-11-15-26(16-12-25)31(21-5-8-23-6-3-2-4-7-23,44(40,41)29-19-17-28(33)18-20-29)22-24-9-13-27(14-10-24)32(34,35)43(37,38)39/h2-20H,21-22H2,1H3,(H2,37,38,39). The van der Waals surface area contributed by atoms with Crippen LogP contribution in [-0.2, 0) is 36.0 Å². The third kappa shape index (κ3) is 6.71. The van der Waals surface area contributed by atoms with E-state index in [1.807, 2.05) is 30.3 Å². The Morgan fingerprint density at radius 3 is 1.98 bits per heavy atom. The first-order chi connectivity index (χ1) is 20.7. The molecule has 0 bridgehead atoms. The van der Waals surface area contributed by atoms with Crippen molar-refractivity contribution < 1.29 is 45.5 Å². The summed E-state index contributed by atoms with van der Waals surface area (Å²) in [5.41, 5.74) is -3.94. The zero-order valence-corrected chi connectivity index (χ0v) is 25.0. The number of hydrogen-bond acceptors (Lipinski definition) is 5. The van der Waals surface area contributed by atoms with E-state index in [9.17, 15) is 30.9 Å². The Bertz CT molecular complexity index is 1790. The summed E-state index contributed by atoms with van der Waals surface area (Å²) in [5.74, 6) is -1.29. The summed E-state index contributed by atoms with van der Waals surface area (Å²) in [6.07, 6.45) is 2.95. The van der Waals surface area contributed by atoms with Gasteiger partial charge in [0.2, 0.25) is 0 Å². The highest BCUT2D eigenvalue weighted by molar-refractivity contribution is 7.92. The number of sulfone groups is 1. The lowest BCUT2D eigenvalue weighted by Gasteiger charge is -2.34. The van der Waals surface area contributed by atoms with E-state index < -0.39 is 45.2 Å². The first-order valence-electron chi connectivity index (χ1n) is 13.1. The number of carbonyl (C=O) groups excluding carboxylic acids is 1. The molecule has 0 aliphatic heterocycles. The molecule has 0 spiro atoms. The van der Waals surface area contributed by atoms with Crippen molar-refractivity contribution in [3.8, 4) is 0 Å². The number of carbonyl (C=O) groups is 1. The van der Waals surface area contributed by atoms with Crippen molar-refractivity contribution in [2.24, 2.45) is 0 Å². The predicted octanol–water partition coefficient (Wildman–Crippen LogP) is 6.85. The molecule has 230 valence electrons. The second kappa shape index (κ2) is 12.9. The molecule has 4 aromatic carbocycles. The van der Waals surface area contributed by atoms with Gasteiger partial charge in [-0.25, -0.2) is 17.6 Å². The molecule has 1 unspecified atom stereocenters. The van der Waals surface area contributed by atoms with Crippen LogP contribution in [0.2, 0.25) is 0 Å². The van der Waals surface area contributed by atoms with Crippen molar-refractivity contribution in [2.45, 2.75) is 28.1 Å². The normalized spacial score (nSPS) is 13.9. The van der Waals surface area contributed by atoms with E-state index >= 15 is 0 Å². The van der Waals surface area contributed by atoms with Gasteiger partial charge in [0.05, 0.1) is 17.6 Å². The summed E-state index contributed by atoms with van der Waals surface area (Å²) in [4.78, 5) is 30.2. The van der Waals surface area contributed by atoms with Crippen molar-refractivity contribution in [3.05, 3.63) is 143 Å². The molecular weight excluding hydrogens is 616 g/mol. The van der Waals surface area contributed by atoms with Crippen molar-refractivity contribution in [1.82, 2.24) is 0 Å². The van der Waals surface area contributed by atoms with Gasteiger partial charge in [-0.2, -0.15) is 8.78 Å². The van der Waals surface area contributed by atoms with E-state index in [4.69, 9.17) is 14.5 Å². The summed E-state index contributed by atoms with van der Waals surface area (Å²) in [7, 11) is -9.02. The minimum Gasteiger partial charge on any atom is -0.465 e. The molecule has 2 N–H and O–H groups in total. The lowest BCUT2D eigenvalue weighted by atomic mass is 9.87. The molecule has 0 saturated heterocycles. The summed E-state index contributed by atoms with van der Waals surface area (Å²) < 4.78 is 86.0. The van der Waals surface area contributed by atoms with E-state index in [0.717, 1.165) is 42.0 Å². The number of alkyl halides is 2. The Kier molecular flexibility index (Phi) is 9.65. The highest BCUT2D eigenvalue weighted by Crippen LogP contribution is 2.59. The Morgan fingerprint density at radius 2 is 1.43 bits per heavy atom. The van der Waals surface area contributed by atoms with Gasteiger partial charge < -0.3 is 14.5 Å². The van der Waals surface area contributed by atoms with E-state index in [0.29, 0.717) is 0 Å². The van der Waals surface area contributed by atoms with Crippen LogP contribution in [0.25, 0.3) is 6.08 Å². The van der Waals surface area contributed by atoms with Crippen LogP contribution in [0.15, 0.2) is 114 Å². The molecule has 1 atom stereocenters. The van der Waals surface area contributed by atoms with Gasteiger partial charge in [-0.3, -0.25) is 4.57 Å². The Morgan fingerprint density at radius 1 is 0.864 bits per heavy atom. The van der Waals surface area contributed by atoms with Crippen LogP contribution >= 0.6 is 7.60 Å². The number of hydrogen-bond donors (Lipinski definition) is 2. The zero-order chi connectivity index (χ0) is 32.2. The first kappa shape index (κ1) is 32.9. The Balaban J connectivity index is 1.92. The summed E-state index contributed by atoms with van der Waals surface area (Å²) in [5, 5.41) is 0. The molecule has 0 aliphatic rings. The number of benzene rings is 4. The quantitative estimate of drug-likeness (QED) is 0.104. The fraction of sp³-hybridized carbons (Fsp3) is 0.156. The number of rotatable bonds is 11. The molecule has 0 fully saturated rings. The van der Waals surface area contributed by atoms with Gasteiger partial charge >= 0.3 is 19.2 Å². The molecule has 0 radical (unpaired) electrons. The molecule has 7 nitrogen and oxygen atoms in total. The van der Waals surface area contributed by atoms with Crippen molar-refractivity contribution >= 4 is 29.5 Å². The van der Waals surface area contributed by atoms with E-state index in [1.54, 1.807) is 12.2 Å². The van der Waals surface area contributed by atoms with E-state index in [1.165, 1.54) is 43.5 Å². The molecule has 0 heterocycles. The molecule has 0 amide bonds. The van der Waals surface area contributed by atoms with Gasteiger partial charge in [-0.1, -0.05) is 78.9 Å². The topological polar surface area (TPSA) is 118 Å². The SMILES string of the molecule is COC(=O)c1ccc(C(CC=Cc2ccccc2)(Cc2ccc(C(F)(F)P(=O)(O)O)cc2)S(=O)(=O)c2ccc(F)cc2)cc1. The van der Waals surface area contributed by atoms with Crippen LogP contribution in [0.4, 0.5) is 13.2 Å². The highest BCUT2D eigenvalue weighted by Gasteiger charge is 2.50. The van der Waals surface area contributed by atoms with Crippen molar-refractivity contribution in [2.75, 3.05) is 7.11 Å². The third-order valence-corrected chi connectivity index (χ3v) is 10.6. The van der Waals surface area contributed by atoms with Crippen LogP contribution in [0.3, 0.4) is 0 Å². The molecule has 12 heteroatoms. The smallest absolute Gasteiger partial charge is 0.399 e. The molecule has 0 saturated carbocycles. The Hall–Kier alpha value is -4.02. The molecule has 0 aliphatic carbocycles. The zero-order valence-electron chi connectivity index (χ0n) is 23.3. The largest absolute Gasteiger partial charge is 0.465 e. The molecule has 4 rings (SSSR count). The Labute approximate surface area is 252 Å². The summed E-state index contributed by atoms with van der Waals surface area (Å²) >= 11 is 0. The van der Waals surface area contributed by atoms with Gasteiger partial charge in [-0.05, 0) is 65.9 Å². The maximum Gasteiger partial charge on any atom is 0.399 e. The highest BCUT2D eigenvalue weighted by atomic mass is 32.2. The number of ether oxygens (including phenoxy) is 1. The number of esters is 1. The number of allylic oxidation sites excluding steroid dienone is 1. The van der Waals surface area contributed by atoms with Crippen LogP contribution in [-0.4, -0.2) is 31.3 Å². The second-order valence-corrected chi connectivity index (χ2v) is 13.9. The van der Waals surface area contributed by atoms with Crippen molar-refractivity contribution in [3.63, 3.8) is 0 Å². The number of halogens is 3. The molecule has 44 heavy (non-hydrogen) atoms. The van der Waals surface area contributed by atoms with E-state index in [2.05, 4.69) is 0 Å². The maximum atomic E-state index is 14.6. The lowest BCUT2D eigenvalue weighted by molar-refractivity contribution is 0.0564. The van der Waals surface area contributed by atoms with Gasteiger partial charge in [0.1, 0.15) is 10.6 Å². The molecular formula is C32H28F3O7PS.